The van der Waals surface area contributed by atoms with Gasteiger partial charge in [0.05, 0.1) is 28.4 Å². The van der Waals surface area contributed by atoms with Crippen LogP contribution in [-0.4, -0.2) is 21.8 Å². The molecule has 1 aromatic heterocycles. The van der Waals surface area contributed by atoms with Crippen LogP contribution in [0.4, 0.5) is 11.4 Å². The smallest absolute Gasteiger partial charge is 0.311 e. The molecular weight excluding hydrogens is 318 g/mol. The first kappa shape index (κ1) is 16.1. The van der Waals surface area contributed by atoms with Crippen molar-refractivity contribution in [3.63, 3.8) is 0 Å². The van der Waals surface area contributed by atoms with Gasteiger partial charge >= 0.3 is 5.97 Å². The van der Waals surface area contributed by atoms with Crippen molar-refractivity contribution in [3.8, 4) is 6.07 Å². The molecule has 0 spiro atoms. The number of hydrogen-bond donors (Lipinski definition) is 2. The summed E-state index contributed by atoms with van der Waals surface area (Å²) in [6.07, 6.45) is 1.01. The molecule has 0 aliphatic rings. The van der Waals surface area contributed by atoms with Gasteiger partial charge in [0.25, 0.3) is 0 Å². The molecule has 0 saturated carbocycles. The summed E-state index contributed by atoms with van der Waals surface area (Å²) in [7, 11) is 0. The molecule has 6 nitrogen and oxygen atoms in total. The van der Waals surface area contributed by atoms with Gasteiger partial charge in [0.1, 0.15) is 6.42 Å². The zero-order valence-electron chi connectivity index (χ0n) is 13.1. The van der Waals surface area contributed by atoms with E-state index in [1.54, 1.807) is 18.3 Å². The minimum Gasteiger partial charge on any atom is -0.481 e. The maximum Gasteiger partial charge on any atom is 0.311 e. The van der Waals surface area contributed by atoms with E-state index < -0.39 is 18.2 Å². The fourth-order valence-electron chi connectivity index (χ4n) is 2.58. The topological polar surface area (TPSA) is 103 Å². The van der Waals surface area contributed by atoms with E-state index in [1.165, 1.54) is 6.07 Å². The molecule has 3 rings (SSSR count). The number of carbonyl (C=O) groups excluding carboxylic acids is 1. The van der Waals surface area contributed by atoms with Gasteiger partial charge in [0.15, 0.2) is 5.78 Å². The summed E-state index contributed by atoms with van der Waals surface area (Å²) < 4.78 is 0. The molecule has 6 heteroatoms. The van der Waals surface area contributed by atoms with E-state index in [0.29, 0.717) is 11.4 Å². The number of fused-ring (bicyclic) bond motifs is 1. The number of pyridine rings is 1. The molecule has 0 radical (unpaired) electrons. The third-order valence-corrected chi connectivity index (χ3v) is 3.66. The fraction of sp³-hybridized carbons (Fsp3) is 0.0526. The summed E-state index contributed by atoms with van der Waals surface area (Å²) in [6.45, 7) is 0. The van der Waals surface area contributed by atoms with Gasteiger partial charge < -0.3 is 10.4 Å². The van der Waals surface area contributed by atoms with Crippen LogP contribution in [-0.2, 0) is 4.79 Å². The first-order valence-corrected chi connectivity index (χ1v) is 7.48. The van der Waals surface area contributed by atoms with Crippen LogP contribution in [0.25, 0.3) is 10.9 Å². The Balaban J connectivity index is 2.02. The number of aromatic nitrogens is 1. The Morgan fingerprint density at radius 1 is 1.16 bits per heavy atom. The van der Waals surface area contributed by atoms with Crippen molar-refractivity contribution in [2.45, 2.75) is 6.42 Å². The predicted molar refractivity (Wildman–Crippen MR) is 92.8 cm³/mol. The van der Waals surface area contributed by atoms with E-state index in [9.17, 15) is 14.9 Å². The average Bonchev–Trinajstić information content (AvgIpc) is 2.60. The standard InChI is InChI=1S/C19H13N3O3/c20-11-13-3-1-5-15(19(13)17(23)10-18(24)25)22-14-7-6-12-4-2-8-21-16(12)9-14/h1-9,22H,10H2,(H,24,25). The van der Waals surface area contributed by atoms with Crippen LogP contribution in [0.3, 0.4) is 0 Å². The van der Waals surface area contributed by atoms with Crippen LogP contribution in [0, 0.1) is 11.3 Å². The Labute approximate surface area is 143 Å². The summed E-state index contributed by atoms with van der Waals surface area (Å²) in [5.74, 6) is -1.86. The molecule has 0 atom stereocenters. The van der Waals surface area contributed by atoms with E-state index in [1.807, 2.05) is 36.4 Å². The summed E-state index contributed by atoms with van der Waals surface area (Å²) >= 11 is 0. The number of carbonyl (C=O) groups is 2. The monoisotopic (exact) mass is 331 g/mol. The van der Waals surface area contributed by atoms with Crippen molar-refractivity contribution in [2.75, 3.05) is 5.32 Å². The number of carboxylic acids is 1. The third kappa shape index (κ3) is 3.46. The van der Waals surface area contributed by atoms with Crippen LogP contribution >= 0.6 is 0 Å². The van der Waals surface area contributed by atoms with Crippen molar-refractivity contribution in [3.05, 3.63) is 65.9 Å². The van der Waals surface area contributed by atoms with Crippen LogP contribution < -0.4 is 5.32 Å². The maximum absolute atomic E-state index is 12.3. The van der Waals surface area contributed by atoms with Gasteiger partial charge in [-0.25, -0.2) is 0 Å². The second kappa shape index (κ2) is 6.81. The highest BCUT2D eigenvalue weighted by molar-refractivity contribution is 6.10. The van der Waals surface area contributed by atoms with E-state index in [-0.39, 0.29) is 11.1 Å². The second-order valence-corrected chi connectivity index (χ2v) is 5.37. The molecule has 0 aliphatic heterocycles. The molecule has 0 fully saturated rings. The summed E-state index contributed by atoms with van der Waals surface area (Å²) in [6, 6.07) is 16.0. The number of ketones is 1. The fourth-order valence-corrected chi connectivity index (χ4v) is 2.58. The average molecular weight is 331 g/mol. The van der Waals surface area contributed by atoms with Gasteiger partial charge in [-0.1, -0.05) is 18.2 Å². The van der Waals surface area contributed by atoms with Crippen molar-refractivity contribution in [1.82, 2.24) is 4.98 Å². The molecule has 2 N–H and O–H groups in total. The molecule has 0 amide bonds. The number of anilines is 2. The molecule has 0 aliphatic carbocycles. The second-order valence-electron chi connectivity index (χ2n) is 5.37. The number of hydrogen-bond acceptors (Lipinski definition) is 5. The van der Waals surface area contributed by atoms with E-state index in [0.717, 1.165) is 10.9 Å². The minimum absolute atomic E-state index is 0.0773. The number of benzene rings is 2. The van der Waals surface area contributed by atoms with Gasteiger partial charge in [0, 0.05) is 17.3 Å². The Bertz CT molecular complexity index is 1020. The number of Topliss-reactive ketones (excluding diaryl/α,β-unsaturated/α-hetero) is 1. The third-order valence-electron chi connectivity index (χ3n) is 3.66. The zero-order chi connectivity index (χ0) is 17.8. The highest BCUT2D eigenvalue weighted by Gasteiger charge is 2.19. The van der Waals surface area contributed by atoms with E-state index in [2.05, 4.69) is 10.3 Å². The Morgan fingerprint density at radius 2 is 2.00 bits per heavy atom. The van der Waals surface area contributed by atoms with Crippen LogP contribution in [0.15, 0.2) is 54.7 Å². The Kier molecular flexibility index (Phi) is 4.40. The molecule has 0 bridgehead atoms. The number of rotatable bonds is 5. The first-order valence-electron chi connectivity index (χ1n) is 7.48. The molecule has 3 aromatic rings. The number of nitriles is 1. The SMILES string of the molecule is N#Cc1cccc(Nc2ccc3cccnc3c2)c1C(=O)CC(=O)O. The summed E-state index contributed by atoms with van der Waals surface area (Å²) in [5, 5.41) is 22.2. The van der Waals surface area contributed by atoms with Gasteiger partial charge in [-0.3, -0.25) is 14.6 Å². The van der Waals surface area contributed by atoms with Gasteiger partial charge in [0.2, 0.25) is 0 Å². The van der Waals surface area contributed by atoms with E-state index in [4.69, 9.17) is 5.11 Å². The van der Waals surface area contributed by atoms with E-state index >= 15 is 0 Å². The summed E-state index contributed by atoms with van der Waals surface area (Å²) in [4.78, 5) is 27.4. The van der Waals surface area contributed by atoms with Crippen LogP contribution in [0.2, 0.25) is 0 Å². The molecule has 0 unspecified atom stereocenters. The van der Waals surface area contributed by atoms with Crippen molar-refractivity contribution in [2.24, 2.45) is 0 Å². The van der Waals surface area contributed by atoms with Gasteiger partial charge in [-0.15, -0.1) is 0 Å². The van der Waals surface area contributed by atoms with Crippen molar-refractivity contribution >= 4 is 34.0 Å². The Hall–Kier alpha value is -3.72. The first-order chi connectivity index (χ1) is 12.1. The largest absolute Gasteiger partial charge is 0.481 e. The predicted octanol–water partition coefficient (Wildman–Crippen LogP) is 3.51. The van der Waals surface area contributed by atoms with Gasteiger partial charge in [-0.2, -0.15) is 5.26 Å². The highest BCUT2D eigenvalue weighted by atomic mass is 16.4. The van der Waals surface area contributed by atoms with Crippen molar-refractivity contribution in [1.29, 1.82) is 5.26 Å². The molecule has 25 heavy (non-hydrogen) atoms. The molecular formula is C19H13N3O3. The maximum atomic E-state index is 12.3. The Morgan fingerprint density at radius 3 is 2.76 bits per heavy atom. The highest BCUT2D eigenvalue weighted by Crippen LogP contribution is 2.26. The molecule has 2 aromatic carbocycles. The lowest BCUT2D eigenvalue weighted by molar-refractivity contribution is -0.135. The lowest BCUT2D eigenvalue weighted by Crippen LogP contribution is -2.11. The minimum atomic E-state index is -1.24. The van der Waals surface area contributed by atoms with Crippen LogP contribution in [0.1, 0.15) is 22.3 Å². The quantitative estimate of drug-likeness (QED) is 0.548. The van der Waals surface area contributed by atoms with Gasteiger partial charge in [-0.05, 0) is 30.3 Å². The zero-order valence-corrected chi connectivity index (χ0v) is 13.1. The van der Waals surface area contributed by atoms with Crippen LogP contribution in [0.5, 0.6) is 0 Å². The molecule has 1 heterocycles. The lowest BCUT2D eigenvalue weighted by Gasteiger charge is -2.12. The number of nitrogens with one attached hydrogen (secondary N) is 1. The number of carboxylic acid groups (broad SMARTS) is 1. The summed E-state index contributed by atoms with van der Waals surface area (Å²) in [5.41, 5.74) is 2.07. The number of nitrogens with zero attached hydrogens (tertiary/aromatic N) is 2. The van der Waals surface area contributed by atoms with Crippen molar-refractivity contribution < 1.29 is 14.7 Å². The molecule has 0 saturated heterocycles. The lowest BCUT2D eigenvalue weighted by atomic mass is 9.99. The normalized spacial score (nSPS) is 10.2. The number of aliphatic carboxylic acids is 1. The molecule has 122 valence electrons.